The molecule has 0 aliphatic rings. The number of hydrogen-bond acceptors (Lipinski definition) is 6. The summed E-state index contributed by atoms with van der Waals surface area (Å²) in [6, 6.07) is 3.80. The van der Waals surface area contributed by atoms with Crippen LogP contribution in [0.4, 0.5) is 11.4 Å². The van der Waals surface area contributed by atoms with E-state index in [9.17, 15) is 14.9 Å². The number of benzene rings is 1. The lowest BCUT2D eigenvalue weighted by molar-refractivity contribution is -0.384. The Morgan fingerprint density at radius 2 is 2.12 bits per heavy atom. The first-order valence-electron chi connectivity index (χ1n) is 4.69. The Kier molecular flexibility index (Phi) is 3.96. The van der Waals surface area contributed by atoms with Crippen LogP contribution in [0.5, 0.6) is 0 Å². The van der Waals surface area contributed by atoms with Gasteiger partial charge in [-0.1, -0.05) is 0 Å². The Balaban J connectivity index is 3.14. The zero-order valence-electron chi connectivity index (χ0n) is 9.43. The summed E-state index contributed by atoms with van der Waals surface area (Å²) in [5.74, 6) is 4.75. The van der Waals surface area contributed by atoms with Crippen LogP contribution in [0.15, 0.2) is 18.2 Å². The summed E-state index contributed by atoms with van der Waals surface area (Å²) < 4.78 is 0. The number of non-ortho nitro benzene ring substituents is 1. The van der Waals surface area contributed by atoms with E-state index in [-0.39, 0.29) is 11.3 Å². The molecule has 1 aromatic carbocycles. The Morgan fingerprint density at radius 1 is 1.47 bits per heavy atom. The molecule has 8 nitrogen and oxygen atoms in total. The van der Waals surface area contributed by atoms with Gasteiger partial charge in [0.2, 0.25) is 0 Å². The summed E-state index contributed by atoms with van der Waals surface area (Å²) in [5, 5.41) is 12.0. The minimum Gasteiger partial charge on any atom is -0.323 e. The van der Waals surface area contributed by atoms with E-state index in [1.54, 1.807) is 14.1 Å². The Morgan fingerprint density at radius 3 is 2.59 bits per heavy atom. The molecule has 0 unspecified atom stereocenters. The van der Waals surface area contributed by atoms with E-state index in [2.05, 4.69) is 10.9 Å². The Bertz CT molecular complexity index is 446. The molecule has 0 atom stereocenters. The van der Waals surface area contributed by atoms with Gasteiger partial charge in [0, 0.05) is 26.2 Å². The molecule has 0 bridgehead atoms. The molecule has 0 saturated heterocycles. The fourth-order valence-electron chi connectivity index (χ4n) is 1.22. The topological polar surface area (TPSA) is 114 Å². The number of nitro groups is 1. The predicted molar refractivity (Wildman–Crippen MR) is 62.1 cm³/mol. The van der Waals surface area contributed by atoms with Gasteiger partial charge in [-0.2, -0.15) is 0 Å². The first-order chi connectivity index (χ1) is 7.95. The van der Waals surface area contributed by atoms with Gasteiger partial charge in [-0.25, -0.2) is 5.01 Å². The van der Waals surface area contributed by atoms with E-state index >= 15 is 0 Å². The van der Waals surface area contributed by atoms with E-state index in [1.165, 1.54) is 17.1 Å². The number of anilines is 1. The van der Waals surface area contributed by atoms with Crippen molar-refractivity contribution >= 4 is 17.3 Å². The number of rotatable bonds is 4. The highest BCUT2D eigenvalue weighted by atomic mass is 16.6. The molecule has 1 aromatic rings. The molecule has 92 valence electrons. The van der Waals surface area contributed by atoms with Crippen molar-refractivity contribution in [3.63, 3.8) is 0 Å². The molecule has 8 heteroatoms. The second kappa shape index (κ2) is 5.23. The normalized spacial score (nSPS) is 10.1. The fourth-order valence-corrected chi connectivity index (χ4v) is 1.22. The molecule has 0 radical (unpaired) electrons. The summed E-state index contributed by atoms with van der Waals surface area (Å²) in [4.78, 5) is 21.8. The van der Waals surface area contributed by atoms with E-state index in [4.69, 9.17) is 5.84 Å². The fraction of sp³-hybridized carbons (Fsp3) is 0.222. The van der Waals surface area contributed by atoms with Crippen LogP contribution in [0, 0.1) is 10.1 Å². The molecule has 0 aliphatic heterocycles. The van der Waals surface area contributed by atoms with Gasteiger partial charge in [0.25, 0.3) is 11.6 Å². The van der Waals surface area contributed by atoms with E-state index in [1.807, 2.05) is 0 Å². The van der Waals surface area contributed by atoms with Crippen LogP contribution in [0.2, 0.25) is 0 Å². The van der Waals surface area contributed by atoms with Gasteiger partial charge in [-0.3, -0.25) is 26.2 Å². The lowest BCUT2D eigenvalue weighted by atomic mass is 10.1. The number of nitrogens with two attached hydrogens (primary N) is 1. The van der Waals surface area contributed by atoms with Gasteiger partial charge in [0.05, 0.1) is 16.2 Å². The zero-order chi connectivity index (χ0) is 13.0. The maximum Gasteiger partial charge on any atom is 0.270 e. The number of carbonyl (C=O) groups is 1. The number of nitrogen functional groups attached to an aromatic ring is 1. The highest BCUT2D eigenvalue weighted by molar-refractivity contribution is 5.99. The van der Waals surface area contributed by atoms with Gasteiger partial charge in [0.1, 0.15) is 0 Å². The van der Waals surface area contributed by atoms with Crippen LogP contribution in [0.25, 0.3) is 0 Å². The van der Waals surface area contributed by atoms with E-state index in [0.717, 1.165) is 6.07 Å². The minimum absolute atomic E-state index is 0.107. The summed E-state index contributed by atoms with van der Waals surface area (Å²) in [7, 11) is 3.26. The SMILES string of the molecule is CN(C)NC(=O)c1cc([N+](=O)[O-])ccc1NN. The number of nitrogens with one attached hydrogen (secondary N) is 2. The quantitative estimate of drug-likeness (QED) is 0.389. The van der Waals surface area contributed by atoms with Crippen molar-refractivity contribution in [2.45, 2.75) is 0 Å². The molecule has 0 spiro atoms. The van der Waals surface area contributed by atoms with Crippen molar-refractivity contribution in [1.29, 1.82) is 0 Å². The van der Waals surface area contributed by atoms with E-state index < -0.39 is 10.8 Å². The average molecular weight is 239 g/mol. The van der Waals surface area contributed by atoms with Gasteiger partial charge >= 0.3 is 0 Å². The third-order valence-electron chi connectivity index (χ3n) is 1.94. The van der Waals surface area contributed by atoms with Crippen LogP contribution in [-0.2, 0) is 0 Å². The van der Waals surface area contributed by atoms with Gasteiger partial charge in [0.15, 0.2) is 0 Å². The first-order valence-corrected chi connectivity index (χ1v) is 4.69. The highest BCUT2D eigenvalue weighted by Gasteiger charge is 2.16. The second-order valence-corrected chi connectivity index (χ2v) is 3.47. The minimum atomic E-state index is -0.577. The average Bonchev–Trinajstić information content (AvgIpc) is 2.27. The lowest BCUT2D eigenvalue weighted by Gasteiger charge is -2.13. The summed E-state index contributed by atoms with van der Waals surface area (Å²) in [6.07, 6.45) is 0. The molecule has 1 amide bonds. The summed E-state index contributed by atoms with van der Waals surface area (Å²) >= 11 is 0. The number of nitrogens with zero attached hydrogens (tertiary/aromatic N) is 2. The Labute approximate surface area is 97.5 Å². The van der Waals surface area contributed by atoms with Crippen LogP contribution in [-0.4, -0.2) is 29.9 Å². The molecule has 0 heterocycles. The van der Waals surface area contributed by atoms with E-state index in [0.29, 0.717) is 5.69 Å². The summed E-state index contributed by atoms with van der Waals surface area (Å²) in [5.41, 5.74) is 5.04. The maximum atomic E-state index is 11.7. The molecule has 0 fully saturated rings. The van der Waals surface area contributed by atoms with Crippen molar-refractivity contribution in [3.8, 4) is 0 Å². The number of hydrazine groups is 2. The number of hydrogen-bond donors (Lipinski definition) is 3. The smallest absolute Gasteiger partial charge is 0.270 e. The van der Waals surface area contributed by atoms with Crippen molar-refractivity contribution in [3.05, 3.63) is 33.9 Å². The molecule has 17 heavy (non-hydrogen) atoms. The molecule has 4 N–H and O–H groups in total. The van der Waals surface area contributed by atoms with Crippen molar-refractivity contribution in [1.82, 2.24) is 10.4 Å². The largest absolute Gasteiger partial charge is 0.323 e. The second-order valence-electron chi connectivity index (χ2n) is 3.47. The standard InChI is InChI=1S/C9H13N5O3/c1-13(2)12-9(15)7-5-6(14(16)17)3-4-8(7)11-10/h3-5,11H,10H2,1-2H3,(H,12,15). The highest BCUT2D eigenvalue weighted by Crippen LogP contribution is 2.21. The van der Waals surface area contributed by atoms with Crippen molar-refractivity contribution in [2.24, 2.45) is 5.84 Å². The molecule has 0 saturated carbocycles. The Hall–Kier alpha value is -2.19. The summed E-state index contributed by atoms with van der Waals surface area (Å²) in [6.45, 7) is 0. The lowest BCUT2D eigenvalue weighted by Crippen LogP contribution is -2.36. The van der Waals surface area contributed by atoms with Crippen LogP contribution >= 0.6 is 0 Å². The van der Waals surface area contributed by atoms with Crippen molar-refractivity contribution < 1.29 is 9.72 Å². The third kappa shape index (κ3) is 3.13. The van der Waals surface area contributed by atoms with Crippen LogP contribution in [0.1, 0.15) is 10.4 Å². The van der Waals surface area contributed by atoms with Crippen LogP contribution < -0.4 is 16.7 Å². The molecule has 1 rings (SSSR count). The van der Waals surface area contributed by atoms with Gasteiger partial charge in [-0.15, -0.1) is 0 Å². The molecule has 0 aromatic heterocycles. The third-order valence-corrected chi connectivity index (χ3v) is 1.94. The predicted octanol–water partition coefficient (Wildman–Crippen LogP) is 0.0868. The first kappa shape index (κ1) is 12.9. The molecular weight excluding hydrogens is 226 g/mol. The monoisotopic (exact) mass is 239 g/mol. The maximum absolute atomic E-state index is 11.7. The number of amides is 1. The number of nitro benzene ring substituents is 1. The molecule has 0 aliphatic carbocycles. The number of carbonyl (C=O) groups excluding carboxylic acids is 1. The van der Waals surface area contributed by atoms with Gasteiger partial charge in [-0.05, 0) is 6.07 Å². The van der Waals surface area contributed by atoms with Gasteiger partial charge < -0.3 is 5.43 Å². The van der Waals surface area contributed by atoms with Crippen LogP contribution in [0.3, 0.4) is 0 Å². The van der Waals surface area contributed by atoms with Crippen molar-refractivity contribution in [2.75, 3.05) is 19.5 Å². The zero-order valence-corrected chi connectivity index (χ0v) is 9.43. The molecular formula is C9H13N5O3.